The summed E-state index contributed by atoms with van der Waals surface area (Å²) >= 11 is 0. The summed E-state index contributed by atoms with van der Waals surface area (Å²) in [4.78, 5) is 16.7. The fraction of sp³-hybridized carbons (Fsp3) is 0.471. The lowest BCUT2D eigenvalue weighted by Crippen LogP contribution is -2.28. The molecule has 2 aromatic heterocycles. The van der Waals surface area contributed by atoms with Crippen molar-refractivity contribution >= 4 is 0 Å². The molecule has 0 amide bonds. The maximum Gasteiger partial charge on any atom is 0.273 e. The van der Waals surface area contributed by atoms with Crippen molar-refractivity contribution in [3.05, 3.63) is 50.6 Å². The molecule has 2 rings (SSSR count). The highest BCUT2D eigenvalue weighted by Gasteiger charge is 2.30. The Morgan fingerprint density at radius 3 is 2.39 bits per heavy atom. The molecule has 0 spiro atoms. The number of rotatable bonds is 4. The zero-order valence-corrected chi connectivity index (χ0v) is 14.1. The highest BCUT2D eigenvalue weighted by Crippen LogP contribution is 2.28. The lowest BCUT2D eigenvalue weighted by atomic mass is 10.1. The van der Waals surface area contributed by atoms with E-state index in [1.54, 1.807) is 0 Å². The van der Waals surface area contributed by atoms with Gasteiger partial charge in [-0.25, -0.2) is 13.8 Å². The zero-order valence-electron chi connectivity index (χ0n) is 14.1. The summed E-state index contributed by atoms with van der Waals surface area (Å²) in [5.41, 5.74) is 1.90. The predicted molar refractivity (Wildman–Crippen MR) is 85.4 cm³/mol. The summed E-state index contributed by atoms with van der Waals surface area (Å²) in [6, 6.07) is 2.89. The van der Waals surface area contributed by atoms with Crippen LogP contribution in [-0.4, -0.2) is 14.8 Å². The van der Waals surface area contributed by atoms with Gasteiger partial charge < -0.3 is 0 Å². The minimum Gasteiger partial charge on any atom is -0.267 e. The number of aromatic nitrogens is 3. The van der Waals surface area contributed by atoms with E-state index in [4.69, 9.17) is 0 Å². The van der Waals surface area contributed by atoms with E-state index in [1.807, 2.05) is 33.8 Å². The van der Waals surface area contributed by atoms with E-state index in [0.717, 1.165) is 34.5 Å². The van der Waals surface area contributed by atoms with E-state index in [9.17, 15) is 13.6 Å². The first-order valence-electron chi connectivity index (χ1n) is 7.62. The van der Waals surface area contributed by atoms with Crippen molar-refractivity contribution in [1.29, 1.82) is 0 Å². The van der Waals surface area contributed by atoms with Gasteiger partial charge in [-0.2, -0.15) is 9.78 Å². The Morgan fingerprint density at radius 2 is 1.83 bits per heavy atom. The van der Waals surface area contributed by atoms with Gasteiger partial charge >= 0.3 is 0 Å². The molecule has 0 aliphatic heterocycles. The van der Waals surface area contributed by atoms with Gasteiger partial charge in [-0.1, -0.05) is 19.4 Å². The molecule has 2 heterocycles. The maximum absolute atomic E-state index is 13.7. The minimum atomic E-state index is -3.10. The molecule has 6 heteroatoms. The number of hydrogen-bond acceptors (Lipinski definition) is 3. The van der Waals surface area contributed by atoms with Crippen LogP contribution in [0, 0.1) is 20.8 Å². The first kappa shape index (κ1) is 17.2. The number of nitrogens with zero attached hydrogens (tertiary/aromatic N) is 3. The summed E-state index contributed by atoms with van der Waals surface area (Å²) in [6.45, 7) is 8.26. The summed E-state index contributed by atoms with van der Waals surface area (Å²) in [5, 5.41) is 4.19. The number of hydrogen-bond donors (Lipinski definition) is 0. The van der Waals surface area contributed by atoms with Crippen LogP contribution in [0.5, 0.6) is 0 Å². The van der Waals surface area contributed by atoms with Gasteiger partial charge in [0.2, 0.25) is 0 Å². The molecule has 0 unspecified atom stereocenters. The van der Waals surface area contributed by atoms with Crippen molar-refractivity contribution in [2.75, 3.05) is 0 Å². The molecule has 0 aliphatic carbocycles. The highest BCUT2D eigenvalue weighted by molar-refractivity contribution is 5.38. The number of halogens is 2. The average molecular weight is 321 g/mol. The molecule has 2 aromatic rings. The molecule has 0 radical (unpaired) electrons. The monoisotopic (exact) mass is 321 g/mol. The average Bonchev–Trinajstić information content (AvgIpc) is 2.44. The van der Waals surface area contributed by atoms with Crippen LogP contribution in [0.2, 0.25) is 0 Å². The first-order chi connectivity index (χ1) is 10.6. The molecule has 0 atom stereocenters. The molecule has 23 heavy (non-hydrogen) atoms. The molecule has 0 aromatic carbocycles. The summed E-state index contributed by atoms with van der Waals surface area (Å²) in [6.07, 6.45) is 1.04. The van der Waals surface area contributed by atoms with Crippen molar-refractivity contribution in [3.63, 3.8) is 0 Å². The number of aryl methyl sites for hydroxylation is 4. The Labute approximate surface area is 134 Å². The van der Waals surface area contributed by atoms with Crippen LogP contribution in [-0.2, 0) is 12.3 Å². The molecular weight excluding hydrogens is 300 g/mol. The lowest BCUT2D eigenvalue weighted by Gasteiger charge is -2.17. The summed E-state index contributed by atoms with van der Waals surface area (Å²) in [5.74, 6) is -2.71. The molecule has 0 saturated carbocycles. The van der Waals surface area contributed by atoms with Crippen molar-refractivity contribution in [1.82, 2.24) is 14.8 Å². The fourth-order valence-corrected chi connectivity index (χ4v) is 2.49. The highest BCUT2D eigenvalue weighted by atomic mass is 19.3. The second-order valence-electron chi connectivity index (χ2n) is 5.92. The van der Waals surface area contributed by atoms with Crippen molar-refractivity contribution in [2.45, 2.75) is 53.4 Å². The maximum atomic E-state index is 13.7. The van der Waals surface area contributed by atoms with Crippen LogP contribution in [0.4, 0.5) is 8.78 Å². The quantitative estimate of drug-likeness (QED) is 0.864. The Balaban J connectivity index is 2.72. The van der Waals surface area contributed by atoms with Crippen molar-refractivity contribution < 1.29 is 8.78 Å². The van der Waals surface area contributed by atoms with Gasteiger partial charge in [0.15, 0.2) is 5.82 Å². The molecule has 0 saturated heterocycles. The van der Waals surface area contributed by atoms with E-state index >= 15 is 0 Å². The van der Waals surface area contributed by atoms with Crippen LogP contribution in [0.3, 0.4) is 0 Å². The van der Waals surface area contributed by atoms with Crippen molar-refractivity contribution in [3.8, 4) is 5.82 Å². The Hall–Kier alpha value is -2.11. The normalized spacial score (nSPS) is 11.8. The molecule has 0 fully saturated rings. The van der Waals surface area contributed by atoms with Crippen molar-refractivity contribution in [2.24, 2.45) is 0 Å². The first-order valence-corrected chi connectivity index (χ1v) is 7.62. The van der Waals surface area contributed by atoms with Crippen LogP contribution < -0.4 is 5.56 Å². The molecule has 124 valence electrons. The standard InChI is InChI=1S/C17H21F2N3O/c1-6-7-14-13(17(5,18)19)9-15(23)22(21-14)16-11(3)8-10(2)12(4)20-16/h8-9H,6-7H2,1-5H3. The summed E-state index contributed by atoms with van der Waals surface area (Å²) in [7, 11) is 0. The van der Waals surface area contributed by atoms with Gasteiger partial charge in [-0.3, -0.25) is 4.79 Å². The van der Waals surface area contributed by atoms with Crippen LogP contribution >= 0.6 is 0 Å². The van der Waals surface area contributed by atoms with E-state index in [1.165, 1.54) is 0 Å². The van der Waals surface area contributed by atoms with Crippen LogP contribution in [0.15, 0.2) is 16.9 Å². The van der Waals surface area contributed by atoms with Crippen LogP contribution in [0.1, 0.15) is 48.3 Å². The van der Waals surface area contributed by atoms with Gasteiger partial charge in [-0.15, -0.1) is 0 Å². The molecule has 0 bridgehead atoms. The lowest BCUT2D eigenvalue weighted by molar-refractivity contribution is 0.0156. The SMILES string of the molecule is CCCc1nn(-c2nc(C)c(C)cc2C)c(=O)cc1C(C)(F)F. The van der Waals surface area contributed by atoms with E-state index in [2.05, 4.69) is 10.1 Å². The van der Waals surface area contributed by atoms with Gasteiger partial charge in [0.1, 0.15) is 0 Å². The van der Waals surface area contributed by atoms with Gasteiger partial charge in [0.25, 0.3) is 11.5 Å². The molecular formula is C17H21F2N3O. The topological polar surface area (TPSA) is 47.8 Å². The largest absolute Gasteiger partial charge is 0.273 e. The Morgan fingerprint density at radius 1 is 1.17 bits per heavy atom. The van der Waals surface area contributed by atoms with E-state index in [0.29, 0.717) is 18.7 Å². The third-order valence-corrected chi connectivity index (χ3v) is 3.80. The molecule has 0 N–H and O–H groups in total. The fourth-order valence-electron chi connectivity index (χ4n) is 2.49. The van der Waals surface area contributed by atoms with Gasteiger partial charge in [-0.05, 0) is 38.3 Å². The number of alkyl halides is 2. The Kier molecular flexibility index (Phi) is 4.63. The summed E-state index contributed by atoms with van der Waals surface area (Å²) < 4.78 is 28.6. The predicted octanol–water partition coefficient (Wildman–Crippen LogP) is 3.62. The number of pyridine rings is 1. The van der Waals surface area contributed by atoms with Gasteiger partial charge in [0, 0.05) is 24.2 Å². The Bertz CT molecular complexity index is 792. The third-order valence-electron chi connectivity index (χ3n) is 3.80. The van der Waals surface area contributed by atoms with E-state index in [-0.39, 0.29) is 11.3 Å². The second-order valence-corrected chi connectivity index (χ2v) is 5.92. The zero-order chi connectivity index (χ0) is 17.4. The van der Waals surface area contributed by atoms with Gasteiger partial charge in [0.05, 0.1) is 5.69 Å². The smallest absolute Gasteiger partial charge is 0.267 e. The second kappa shape index (κ2) is 6.18. The minimum absolute atomic E-state index is 0.235. The molecule has 4 nitrogen and oxygen atoms in total. The van der Waals surface area contributed by atoms with Crippen LogP contribution in [0.25, 0.3) is 5.82 Å². The van der Waals surface area contributed by atoms with E-state index < -0.39 is 11.5 Å². The third kappa shape index (κ3) is 3.46. The molecule has 0 aliphatic rings.